The zero-order chi connectivity index (χ0) is 28.3. The first-order valence-electron chi connectivity index (χ1n) is 14.0. The number of aromatic nitrogens is 2. The maximum Gasteiger partial charge on any atom is 0.272 e. The molecule has 6 heteroatoms. The lowest BCUT2D eigenvalue weighted by Crippen LogP contribution is -2.39. The number of amides is 1. The Balaban J connectivity index is 1.26. The van der Waals surface area contributed by atoms with E-state index in [1.54, 1.807) is 26.7 Å². The summed E-state index contributed by atoms with van der Waals surface area (Å²) in [6.45, 7) is 8.27. The van der Waals surface area contributed by atoms with Gasteiger partial charge in [-0.3, -0.25) is 9.36 Å². The number of hydrogen-bond donors (Lipinski definition) is 0. The van der Waals surface area contributed by atoms with Gasteiger partial charge in [0.2, 0.25) is 0 Å². The first-order valence-corrected chi connectivity index (χ1v) is 14.0. The third kappa shape index (κ3) is 5.91. The van der Waals surface area contributed by atoms with Crippen LogP contribution in [0.4, 0.5) is 0 Å². The van der Waals surface area contributed by atoms with E-state index >= 15 is 0 Å². The van der Waals surface area contributed by atoms with Gasteiger partial charge >= 0.3 is 0 Å². The number of carbonyl (C=O) groups is 1. The van der Waals surface area contributed by atoms with E-state index in [1.165, 1.54) is 11.1 Å². The van der Waals surface area contributed by atoms with Crippen molar-refractivity contribution in [3.63, 3.8) is 0 Å². The van der Waals surface area contributed by atoms with E-state index in [-0.39, 0.29) is 11.3 Å². The number of benzene rings is 3. The molecule has 0 aliphatic carbocycles. The number of rotatable bonds is 7. The molecular formula is C34H39N3O3. The number of ether oxygens (including phenoxy) is 2. The van der Waals surface area contributed by atoms with Gasteiger partial charge in [0.05, 0.1) is 26.7 Å². The molecule has 1 fully saturated rings. The van der Waals surface area contributed by atoms with Crippen LogP contribution in [0.1, 0.15) is 55.2 Å². The molecule has 4 aromatic rings. The molecule has 2 heterocycles. The number of carbonyl (C=O) groups excluding carboxylic acids is 1. The van der Waals surface area contributed by atoms with Crippen molar-refractivity contribution < 1.29 is 14.3 Å². The normalized spacial score (nSPS) is 14.3. The molecule has 0 atom stereocenters. The molecule has 3 aromatic carbocycles. The molecule has 0 spiro atoms. The van der Waals surface area contributed by atoms with Crippen molar-refractivity contribution >= 4 is 5.91 Å². The Labute approximate surface area is 237 Å². The second-order valence-corrected chi connectivity index (χ2v) is 11.7. The second-order valence-electron chi connectivity index (χ2n) is 11.7. The van der Waals surface area contributed by atoms with E-state index < -0.39 is 0 Å². The van der Waals surface area contributed by atoms with Gasteiger partial charge in [0.25, 0.3) is 5.91 Å². The lowest BCUT2D eigenvalue weighted by Gasteiger charge is -2.32. The van der Waals surface area contributed by atoms with Crippen LogP contribution in [0.5, 0.6) is 11.5 Å². The van der Waals surface area contributed by atoms with Gasteiger partial charge in [0.1, 0.15) is 5.69 Å². The van der Waals surface area contributed by atoms with Crippen molar-refractivity contribution in [3.8, 4) is 28.3 Å². The summed E-state index contributed by atoms with van der Waals surface area (Å²) < 4.78 is 12.8. The first-order chi connectivity index (χ1) is 19.3. The predicted octanol–water partition coefficient (Wildman–Crippen LogP) is 6.95. The van der Waals surface area contributed by atoms with E-state index in [2.05, 4.69) is 56.1 Å². The van der Waals surface area contributed by atoms with Crippen LogP contribution in [0.3, 0.4) is 0 Å². The topological polar surface area (TPSA) is 56.6 Å². The third-order valence-corrected chi connectivity index (χ3v) is 7.94. The molecular weight excluding hydrogens is 498 g/mol. The highest BCUT2D eigenvalue weighted by Gasteiger charge is 2.26. The lowest BCUT2D eigenvalue weighted by atomic mass is 9.85. The van der Waals surface area contributed by atoms with Gasteiger partial charge in [0.15, 0.2) is 11.5 Å². The molecule has 0 N–H and O–H groups in total. The van der Waals surface area contributed by atoms with Gasteiger partial charge in [-0.2, -0.15) is 0 Å². The van der Waals surface area contributed by atoms with Crippen molar-refractivity contribution in [1.82, 2.24) is 14.5 Å². The van der Waals surface area contributed by atoms with Crippen LogP contribution in [0, 0.1) is 5.92 Å². The number of nitrogens with zero attached hydrogens (tertiary/aromatic N) is 3. The number of piperidine rings is 1. The molecule has 0 unspecified atom stereocenters. The average Bonchev–Trinajstić information content (AvgIpc) is 3.47. The Kier molecular flexibility index (Phi) is 7.97. The fourth-order valence-electron chi connectivity index (χ4n) is 5.49. The molecule has 208 valence electrons. The summed E-state index contributed by atoms with van der Waals surface area (Å²) in [7, 11) is 3.26. The summed E-state index contributed by atoms with van der Waals surface area (Å²) in [5.41, 5.74) is 6.40. The van der Waals surface area contributed by atoms with Crippen LogP contribution in [-0.2, 0) is 11.8 Å². The molecule has 5 rings (SSSR count). The van der Waals surface area contributed by atoms with Gasteiger partial charge in [-0.1, -0.05) is 63.2 Å². The molecule has 1 aliphatic heterocycles. The van der Waals surface area contributed by atoms with E-state index in [0.29, 0.717) is 23.1 Å². The Morgan fingerprint density at radius 3 is 2.27 bits per heavy atom. The van der Waals surface area contributed by atoms with Crippen molar-refractivity contribution in [3.05, 3.63) is 96.1 Å². The van der Waals surface area contributed by atoms with Gasteiger partial charge in [-0.15, -0.1) is 0 Å². The third-order valence-electron chi connectivity index (χ3n) is 7.94. The SMILES string of the molecule is COc1ccc(-c2cccc(-n3cncc3C(=O)N3CCC(Cc4ccc(C(C)(C)C)cc4)CC3)c2)cc1OC. The van der Waals surface area contributed by atoms with Crippen LogP contribution in [0.25, 0.3) is 16.8 Å². The summed E-state index contributed by atoms with van der Waals surface area (Å²) in [5.74, 6) is 1.98. The molecule has 1 aromatic heterocycles. The number of likely N-dealkylation sites (tertiary alicyclic amines) is 1. The van der Waals surface area contributed by atoms with E-state index in [4.69, 9.17) is 9.47 Å². The van der Waals surface area contributed by atoms with Crippen molar-refractivity contribution in [2.24, 2.45) is 5.92 Å². The standard InChI is InChI=1S/C34H39N3O3/c1-34(2,3)28-12-9-24(10-13-28)19-25-15-17-36(18-16-25)33(38)30-22-35-23-37(30)29-8-6-7-26(20-29)27-11-14-31(39-4)32(21-27)40-5/h6-14,20-23,25H,15-19H2,1-5H3. The van der Waals surface area contributed by atoms with Crippen LogP contribution in [0.15, 0.2) is 79.3 Å². The zero-order valence-electron chi connectivity index (χ0n) is 24.2. The molecule has 40 heavy (non-hydrogen) atoms. The molecule has 0 saturated carbocycles. The molecule has 0 radical (unpaired) electrons. The quantitative estimate of drug-likeness (QED) is 0.256. The first kappa shape index (κ1) is 27.5. The number of methoxy groups -OCH3 is 2. The minimum atomic E-state index is 0.0296. The molecule has 1 aliphatic rings. The average molecular weight is 538 g/mol. The van der Waals surface area contributed by atoms with E-state index in [1.807, 2.05) is 45.9 Å². The lowest BCUT2D eigenvalue weighted by molar-refractivity contribution is 0.0682. The Hall–Kier alpha value is -4.06. The highest BCUT2D eigenvalue weighted by atomic mass is 16.5. The van der Waals surface area contributed by atoms with Crippen molar-refractivity contribution in [1.29, 1.82) is 0 Å². The second kappa shape index (κ2) is 11.6. The summed E-state index contributed by atoms with van der Waals surface area (Å²) in [4.78, 5) is 19.9. The van der Waals surface area contributed by atoms with Crippen LogP contribution in [0.2, 0.25) is 0 Å². The fraction of sp³-hybridized carbons (Fsp3) is 0.353. The summed E-state index contributed by atoms with van der Waals surface area (Å²) in [6.07, 6.45) is 6.47. The van der Waals surface area contributed by atoms with Crippen LogP contribution >= 0.6 is 0 Å². The molecule has 1 saturated heterocycles. The molecule has 6 nitrogen and oxygen atoms in total. The van der Waals surface area contributed by atoms with Crippen molar-refractivity contribution in [2.75, 3.05) is 27.3 Å². The Bertz CT molecular complexity index is 1460. The maximum absolute atomic E-state index is 13.6. The predicted molar refractivity (Wildman–Crippen MR) is 160 cm³/mol. The highest BCUT2D eigenvalue weighted by molar-refractivity contribution is 5.93. The summed E-state index contributed by atoms with van der Waals surface area (Å²) in [6, 6.07) is 23.0. The minimum absolute atomic E-state index is 0.0296. The molecule has 0 bridgehead atoms. The van der Waals surface area contributed by atoms with Gasteiger partial charge < -0.3 is 14.4 Å². The Morgan fingerprint density at radius 1 is 0.900 bits per heavy atom. The molecule has 1 amide bonds. The maximum atomic E-state index is 13.6. The number of hydrogen-bond acceptors (Lipinski definition) is 4. The fourth-order valence-corrected chi connectivity index (χ4v) is 5.49. The van der Waals surface area contributed by atoms with Crippen LogP contribution in [-0.4, -0.2) is 47.7 Å². The Morgan fingerprint density at radius 2 is 1.60 bits per heavy atom. The monoisotopic (exact) mass is 537 g/mol. The largest absolute Gasteiger partial charge is 0.493 e. The van der Waals surface area contributed by atoms with Crippen molar-refractivity contribution in [2.45, 2.75) is 45.4 Å². The van der Waals surface area contributed by atoms with E-state index in [9.17, 15) is 4.79 Å². The van der Waals surface area contributed by atoms with Gasteiger partial charge in [0, 0.05) is 18.8 Å². The van der Waals surface area contributed by atoms with Gasteiger partial charge in [-0.25, -0.2) is 4.98 Å². The zero-order valence-corrected chi connectivity index (χ0v) is 24.2. The number of imidazole rings is 1. The summed E-state index contributed by atoms with van der Waals surface area (Å²) in [5, 5.41) is 0. The minimum Gasteiger partial charge on any atom is -0.493 e. The van der Waals surface area contributed by atoms with E-state index in [0.717, 1.165) is 49.2 Å². The smallest absolute Gasteiger partial charge is 0.272 e. The summed E-state index contributed by atoms with van der Waals surface area (Å²) >= 11 is 0. The highest BCUT2D eigenvalue weighted by Crippen LogP contribution is 2.33. The van der Waals surface area contributed by atoms with Gasteiger partial charge in [-0.05, 0) is 77.1 Å². The van der Waals surface area contributed by atoms with Crippen LogP contribution < -0.4 is 9.47 Å².